The molecule has 0 aliphatic rings. The van der Waals surface area contributed by atoms with Crippen molar-refractivity contribution in [2.45, 2.75) is 13.0 Å². The van der Waals surface area contributed by atoms with E-state index in [9.17, 15) is 5.11 Å². The number of halogens is 2. The molecule has 2 aromatic rings. The average Bonchev–Trinajstić information content (AvgIpc) is 2.77. The van der Waals surface area contributed by atoms with E-state index in [1.807, 2.05) is 13.0 Å². The normalized spacial score (nSPS) is 12.3. The van der Waals surface area contributed by atoms with Crippen molar-refractivity contribution in [3.05, 3.63) is 43.0 Å². The zero-order valence-corrected chi connectivity index (χ0v) is 14.4. The number of aryl methyl sites for hydroxylation is 1. The highest BCUT2D eigenvalue weighted by atomic mass is 79.9. The van der Waals surface area contributed by atoms with Crippen LogP contribution < -0.4 is 9.47 Å². The van der Waals surface area contributed by atoms with Crippen LogP contribution in [0.25, 0.3) is 0 Å². The Bertz CT molecular complexity index is 608. The summed E-state index contributed by atoms with van der Waals surface area (Å²) in [6, 6.07) is 5.42. The molecule has 0 saturated heterocycles. The molecule has 1 aromatic carbocycles. The Balaban J connectivity index is 2.49. The van der Waals surface area contributed by atoms with Gasteiger partial charge in [-0.05, 0) is 46.6 Å². The van der Waals surface area contributed by atoms with E-state index in [1.165, 1.54) is 25.6 Å². The van der Waals surface area contributed by atoms with E-state index in [4.69, 9.17) is 21.1 Å². The lowest BCUT2D eigenvalue weighted by atomic mass is 10.1. The van der Waals surface area contributed by atoms with E-state index in [0.717, 1.165) is 14.2 Å². The van der Waals surface area contributed by atoms with E-state index in [1.54, 1.807) is 12.1 Å². The Morgan fingerprint density at radius 1 is 1.30 bits per heavy atom. The molecule has 0 saturated carbocycles. The van der Waals surface area contributed by atoms with Gasteiger partial charge in [0, 0.05) is 10.4 Å². The molecule has 6 heteroatoms. The highest BCUT2D eigenvalue weighted by Crippen LogP contribution is 2.43. The molecule has 1 aromatic heterocycles. The number of aliphatic hydroxyl groups excluding tert-OH is 1. The van der Waals surface area contributed by atoms with Crippen LogP contribution in [-0.2, 0) is 0 Å². The van der Waals surface area contributed by atoms with Crippen molar-refractivity contribution >= 4 is 38.9 Å². The summed E-state index contributed by atoms with van der Waals surface area (Å²) < 4.78 is 11.5. The van der Waals surface area contributed by atoms with Crippen molar-refractivity contribution in [2.75, 3.05) is 14.2 Å². The first-order chi connectivity index (χ1) is 9.49. The topological polar surface area (TPSA) is 38.7 Å². The third-order valence-electron chi connectivity index (χ3n) is 2.96. The summed E-state index contributed by atoms with van der Waals surface area (Å²) in [5.41, 5.74) is 1.70. The zero-order valence-electron chi connectivity index (χ0n) is 11.2. The van der Waals surface area contributed by atoms with Gasteiger partial charge < -0.3 is 14.6 Å². The number of methoxy groups -OCH3 is 2. The summed E-state index contributed by atoms with van der Waals surface area (Å²) in [5, 5.41) is 10.9. The molecule has 20 heavy (non-hydrogen) atoms. The second kappa shape index (κ2) is 6.35. The molecule has 3 nitrogen and oxygen atoms in total. The van der Waals surface area contributed by atoms with Gasteiger partial charge in [0.15, 0.2) is 0 Å². The summed E-state index contributed by atoms with van der Waals surface area (Å²) in [6.45, 7) is 1.98. The van der Waals surface area contributed by atoms with Crippen LogP contribution in [0, 0.1) is 6.92 Å². The van der Waals surface area contributed by atoms with Crippen LogP contribution in [0.15, 0.2) is 22.0 Å². The molecule has 0 fully saturated rings. The van der Waals surface area contributed by atoms with Crippen molar-refractivity contribution in [1.82, 2.24) is 0 Å². The number of ether oxygens (including phenoxy) is 2. The standard InChI is InChI=1S/C14H14BrClO3S/c1-7-6-10(20-14(7)15)12(17)8-4-5-9(18-2)11(16)13(8)19-3/h4-6,12,17H,1-3H3. The van der Waals surface area contributed by atoms with E-state index >= 15 is 0 Å². The van der Waals surface area contributed by atoms with Crippen LogP contribution in [0.1, 0.15) is 22.1 Å². The first-order valence-electron chi connectivity index (χ1n) is 5.83. The third kappa shape index (κ3) is 2.81. The Hall–Kier alpha value is -0.750. The zero-order chi connectivity index (χ0) is 14.9. The van der Waals surface area contributed by atoms with Crippen molar-refractivity contribution in [2.24, 2.45) is 0 Å². The van der Waals surface area contributed by atoms with Crippen LogP contribution in [0.3, 0.4) is 0 Å². The number of rotatable bonds is 4. The molecule has 1 unspecified atom stereocenters. The molecule has 0 spiro atoms. The fourth-order valence-corrected chi connectivity index (χ4v) is 3.81. The van der Waals surface area contributed by atoms with Crippen LogP contribution >= 0.6 is 38.9 Å². The van der Waals surface area contributed by atoms with E-state index < -0.39 is 6.10 Å². The van der Waals surface area contributed by atoms with Gasteiger partial charge in [-0.3, -0.25) is 0 Å². The second-order valence-electron chi connectivity index (χ2n) is 4.21. The molecule has 1 heterocycles. The number of thiophene rings is 1. The van der Waals surface area contributed by atoms with Gasteiger partial charge in [-0.2, -0.15) is 0 Å². The van der Waals surface area contributed by atoms with Gasteiger partial charge in [0.2, 0.25) is 0 Å². The van der Waals surface area contributed by atoms with Gasteiger partial charge in [-0.1, -0.05) is 11.6 Å². The maximum Gasteiger partial charge on any atom is 0.147 e. The van der Waals surface area contributed by atoms with E-state index in [2.05, 4.69) is 15.9 Å². The first kappa shape index (κ1) is 15.6. The fraction of sp³-hybridized carbons (Fsp3) is 0.286. The molecule has 1 N–H and O–H groups in total. The summed E-state index contributed by atoms with van der Waals surface area (Å²) in [7, 11) is 3.06. The van der Waals surface area contributed by atoms with Gasteiger partial charge in [0.1, 0.15) is 22.6 Å². The van der Waals surface area contributed by atoms with Crippen LogP contribution in [0.4, 0.5) is 0 Å². The van der Waals surface area contributed by atoms with Gasteiger partial charge >= 0.3 is 0 Å². The van der Waals surface area contributed by atoms with Crippen LogP contribution in [0.5, 0.6) is 11.5 Å². The third-order valence-corrected chi connectivity index (χ3v) is 5.50. The monoisotopic (exact) mass is 376 g/mol. The van der Waals surface area contributed by atoms with Gasteiger partial charge in [-0.25, -0.2) is 0 Å². The molecular formula is C14H14BrClO3S. The maximum atomic E-state index is 10.5. The quantitative estimate of drug-likeness (QED) is 0.848. The average molecular weight is 378 g/mol. The minimum absolute atomic E-state index is 0.360. The Kier molecular flexibility index (Phi) is 4.96. The Morgan fingerprint density at radius 3 is 2.50 bits per heavy atom. The van der Waals surface area contributed by atoms with Crippen molar-refractivity contribution in [1.29, 1.82) is 0 Å². The summed E-state index contributed by atoms with van der Waals surface area (Å²) in [6.07, 6.45) is -0.789. The Morgan fingerprint density at radius 2 is 2.00 bits per heavy atom. The minimum atomic E-state index is -0.789. The van der Waals surface area contributed by atoms with Crippen molar-refractivity contribution in [3.63, 3.8) is 0 Å². The highest BCUT2D eigenvalue weighted by Gasteiger charge is 2.22. The van der Waals surface area contributed by atoms with E-state index in [-0.39, 0.29) is 0 Å². The lowest BCUT2D eigenvalue weighted by Gasteiger charge is -2.16. The van der Waals surface area contributed by atoms with Gasteiger partial charge in [0.05, 0.1) is 18.0 Å². The lowest BCUT2D eigenvalue weighted by Crippen LogP contribution is -2.02. The number of hydrogen-bond acceptors (Lipinski definition) is 4. The number of benzene rings is 1. The van der Waals surface area contributed by atoms with Gasteiger partial charge in [-0.15, -0.1) is 11.3 Å². The maximum absolute atomic E-state index is 10.5. The van der Waals surface area contributed by atoms with Crippen LogP contribution in [-0.4, -0.2) is 19.3 Å². The van der Waals surface area contributed by atoms with Gasteiger partial charge in [0.25, 0.3) is 0 Å². The molecule has 0 aliphatic heterocycles. The van der Waals surface area contributed by atoms with E-state index in [0.29, 0.717) is 22.1 Å². The SMILES string of the molecule is COc1ccc(C(O)c2cc(C)c(Br)s2)c(OC)c1Cl. The molecule has 0 bridgehead atoms. The molecule has 108 valence electrons. The summed E-state index contributed by atoms with van der Waals surface area (Å²) in [5.74, 6) is 0.948. The molecule has 0 amide bonds. The lowest BCUT2D eigenvalue weighted by molar-refractivity contribution is 0.218. The van der Waals surface area contributed by atoms with Crippen molar-refractivity contribution < 1.29 is 14.6 Å². The molecule has 0 aliphatic carbocycles. The molecule has 1 atom stereocenters. The highest BCUT2D eigenvalue weighted by molar-refractivity contribution is 9.11. The fourth-order valence-electron chi connectivity index (χ4n) is 1.90. The smallest absolute Gasteiger partial charge is 0.147 e. The number of aliphatic hydroxyl groups is 1. The second-order valence-corrected chi connectivity index (χ2v) is 6.99. The summed E-state index contributed by atoms with van der Waals surface area (Å²) >= 11 is 11.2. The largest absolute Gasteiger partial charge is 0.495 e. The molecule has 2 rings (SSSR count). The first-order valence-corrected chi connectivity index (χ1v) is 7.82. The predicted molar refractivity (Wildman–Crippen MR) is 85.4 cm³/mol. The molecule has 0 radical (unpaired) electrons. The van der Waals surface area contributed by atoms with Crippen molar-refractivity contribution in [3.8, 4) is 11.5 Å². The number of hydrogen-bond donors (Lipinski definition) is 1. The van der Waals surface area contributed by atoms with Crippen LogP contribution in [0.2, 0.25) is 5.02 Å². The Labute approximate surface area is 135 Å². The molecular weight excluding hydrogens is 364 g/mol. The minimum Gasteiger partial charge on any atom is -0.495 e. The predicted octanol–water partition coefficient (Wildman–Crippen LogP) is 4.57. The summed E-state index contributed by atoms with van der Waals surface area (Å²) in [4.78, 5) is 0.828.